The van der Waals surface area contributed by atoms with Crippen molar-refractivity contribution in [1.29, 1.82) is 0 Å². The van der Waals surface area contributed by atoms with Gasteiger partial charge in [-0.05, 0) is 13.8 Å². The summed E-state index contributed by atoms with van der Waals surface area (Å²) < 4.78 is 4.77. The van der Waals surface area contributed by atoms with Crippen molar-refractivity contribution in [2.75, 3.05) is 0 Å². The number of carbonyl (C=O) groups is 2. The standard InChI is InChI=1S/C12H12N2O7/c1-7(2)21-12(16)6-11(15)8-3-9(13(17)18)5-10(4-8)14(19)20/h3-5,7H,6H2,1-2H3. The number of nitro benzene ring substituents is 2. The zero-order valence-electron chi connectivity index (χ0n) is 11.3. The van der Waals surface area contributed by atoms with Gasteiger partial charge in [-0.25, -0.2) is 0 Å². The van der Waals surface area contributed by atoms with Gasteiger partial charge in [0.2, 0.25) is 0 Å². The van der Waals surface area contributed by atoms with Gasteiger partial charge in [0.25, 0.3) is 11.4 Å². The molecule has 112 valence electrons. The molecular formula is C12H12N2O7. The molecule has 0 heterocycles. The molecule has 0 spiro atoms. The highest BCUT2D eigenvalue weighted by atomic mass is 16.6. The molecule has 0 radical (unpaired) electrons. The third-order valence-electron chi connectivity index (χ3n) is 2.32. The molecule has 0 aliphatic carbocycles. The van der Waals surface area contributed by atoms with Crippen LogP contribution in [0.1, 0.15) is 30.6 Å². The van der Waals surface area contributed by atoms with E-state index < -0.39 is 45.5 Å². The number of rotatable bonds is 6. The van der Waals surface area contributed by atoms with Crippen LogP contribution >= 0.6 is 0 Å². The van der Waals surface area contributed by atoms with Gasteiger partial charge in [-0.1, -0.05) is 0 Å². The number of ether oxygens (including phenoxy) is 1. The van der Waals surface area contributed by atoms with Crippen LogP contribution < -0.4 is 0 Å². The Hall–Kier alpha value is -2.84. The number of hydrogen-bond acceptors (Lipinski definition) is 7. The van der Waals surface area contributed by atoms with E-state index in [1.807, 2.05) is 0 Å². The molecule has 0 aliphatic rings. The minimum Gasteiger partial charge on any atom is -0.463 e. The number of ketones is 1. The molecule has 1 aromatic carbocycles. The number of esters is 1. The first-order chi connectivity index (χ1) is 9.70. The number of nitro groups is 2. The van der Waals surface area contributed by atoms with Crippen molar-refractivity contribution < 1.29 is 24.2 Å². The molecule has 0 amide bonds. The fourth-order valence-electron chi connectivity index (χ4n) is 1.50. The average molecular weight is 296 g/mol. The lowest BCUT2D eigenvalue weighted by Gasteiger charge is -2.07. The third-order valence-corrected chi connectivity index (χ3v) is 2.32. The Labute approximate surface area is 118 Å². The number of hydrogen-bond donors (Lipinski definition) is 0. The van der Waals surface area contributed by atoms with Crippen LogP contribution in [0.4, 0.5) is 11.4 Å². The van der Waals surface area contributed by atoms with Crippen molar-refractivity contribution in [3.63, 3.8) is 0 Å². The molecule has 0 saturated heterocycles. The van der Waals surface area contributed by atoms with Crippen LogP contribution in [0.25, 0.3) is 0 Å². The molecule has 0 saturated carbocycles. The normalized spacial score (nSPS) is 10.2. The molecule has 0 unspecified atom stereocenters. The van der Waals surface area contributed by atoms with Gasteiger partial charge >= 0.3 is 5.97 Å². The average Bonchev–Trinajstić information content (AvgIpc) is 2.36. The molecule has 0 fully saturated rings. The lowest BCUT2D eigenvalue weighted by atomic mass is 10.1. The number of benzene rings is 1. The SMILES string of the molecule is CC(C)OC(=O)CC(=O)c1cc([N+](=O)[O-])cc([N+](=O)[O-])c1. The predicted octanol–water partition coefficient (Wildman–Crippen LogP) is 2.03. The molecule has 0 N–H and O–H groups in total. The first-order valence-electron chi connectivity index (χ1n) is 5.87. The Morgan fingerprint density at radius 1 is 1.10 bits per heavy atom. The van der Waals surface area contributed by atoms with Gasteiger partial charge in [-0.15, -0.1) is 0 Å². The maximum Gasteiger partial charge on any atom is 0.313 e. The topological polar surface area (TPSA) is 130 Å². The summed E-state index contributed by atoms with van der Waals surface area (Å²) in [7, 11) is 0. The fourth-order valence-corrected chi connectivity index (χ4v) is 1.50. The summed E-state index contributed by atoms with van der Waals surface area (Å²) >= 11 is 0. The number of nitrogens with zero attached hydrogens (tertiary/aromatic N) is 2. The van der Waals surface area contributed by atoms with Crippen LogP contribution in [0, 0.1) is 20.2 Å². The zero-order chi connectivity index (χ0) is 16.2. The summed E-state index contributed by atoms with van der Waals surface area (Å²) in [5.74, 6) is -1.59. The number of carbonyl (C=O) groups excluding carboxylic acids is 2. The number of non-ortho nitro benzene ring substituents is 2. The Bertz CT molecular complexity index is 577. The fraction of sp³-hybridized carbons (Fsp3) is 0.333. The number of Topliss-reactive ketones (excluding diaryl/α,β-unsaturated/α-hetero) is 1. The van der Waals surface area contributed by atoms with Crippen molar-refractivity contribution in [3.05, 3.63) is 44.0 Å². The Kier molecular flexibility index (Phi) is 5.06. The molecule has 9 heteroatoms. The molecule has 0 aromatic heterocycles. The second kappa shape index (κ2) is 6.55. The van der Waals surface area contributed by atoms with Gasteiger partial charge in [0, 0.05) is 17.7 Å². The van der Waals surface area contributed by atoms with Gasteiger partial charge in [-0.3, -0.25) is 29.8 Å². The van der Waals surface area contributed by atoms with E-state index >= 15 is 0 Å². The van der Waals surface area contributed by atoms with Crippen LogP contribution in [-0.2, 0) is 9.53 Å². The first-order valence-corrected chi connectivity index (χ1v) is 5.87. The van der Waals surface area contributed by atoms with E-state index in [2.05, 4.69) is 0 Å². The molecule has 9 nitrogen and oxygen atoms in total. The van der Waals surface area contributed by atoms with Crippen LogP contribution in [-0.4, -0.2) is 27.7 Å². The molecule has 0 aliphatic heterocycles. The van der Waals surface area contributed by atoms with Crippen LogP contribution in [0.3, 0.4) is 0 Å². The quantitative estimate of drug-likeness (QED) is 0.258. The first kappa shape index (κ1) is 16.2. The lowest BCUT2D eigenvalue weighted by molar-refractivity contribution is -0.394. The smallest absolute Gasteiger partial charge is 0.313 e. The second-order valence-electron chi connectivity index (χ2n) is 4.39. The largest absolute Gasteiger partial charge is 0.463 e. The van der Waals surface area contributed by atoms with E-state index in [4.69, 9.17) is 4.74 Å². The summed E-state index contributed by atoms with van der Waals surface area (Å²) in [6, 6.07) is 2.51. The van der Waals surface area contributed by atoms with Gasteiger partial charge < -0.3 is 4.74 Å². The van der Waals surface area contributed by atoms with Gasteiger partial charge in [0.15, 0.2) is 5.78 Å². The summed E-state index contributed by atoms with van der Waals surface area (Å²) in [4.78, 5) is 42.9. The van der Waals surface area contributed by atoms with E-state index in [1.165, 1.54) is 0 Å². The minimum atomic E-state index is -0.851. The summed E-state index contributed by atoms with van der Waals surface area (Å²) in [6.07, 6.45) is -1.05. The lowest BCUT2D eigenvalue weighted by Crippen LogP contribution is -2.15. The van der Waals surface area contributed by atoms with Crippen molar-refractivity contribution in [2.45, 2.75) is 26.4 Å². The van der Waals surface area contributed by atoms with Gasteiger partial charge in [0.05, 0.1) is 22.0 Å². The highest BCUT2D eigenvalue weighted by molar-refractivity contribution is 6.06. The van der Waals surface area contributed by atoms with Crippen molar-refractivity contribution >= 4 is 23.1 Å². The molecule has 1 rings (SSSR count). The second-order valence-corrected chi connectivity index (χ2v) is 4.39. The van der Waals surface area contributed by atoms with Crippen molar-refractivity contribution in [2.24, 2.45) is 0 Å². The van der Waals surface area contributed by atoms with E-state index in [1.54, 1.807) is 13.8 Å². The Balaban J connectivity index is 3.06. The molecule has 0 atom stereocenters. The van der Waals surface area contributed by atoms with E-state index in [0.717, 1.165) is 18.2 Å². The highest BCUT2D eigenvalue weighted by Crippen LogP contribution is 2.23. The van der Waals surface area contributed by atoms with Gasteiger partial charge in [-0.2, -0.15) is 0 Å². The summed E-state index contributed by atoms with van der Waals surface area (Å²) in [6.45, 7) is 3.20. The zero-order valence-corrected chi connectivity index (χ0v) is 11.3. The Morgan fingerprint density at radius 2 is 1.57 bits per heavy atom. The highest BCUT2D eigenvalue weighted by Gasteiger charge is 2.21. The monoisotopic (exact) mass is 296 g/mol. The van der Waals surface area contributed by atoms with E-state index in [0.29, 0.717) is 0 Å². The maximum absolute atomic E-state index is 11.8. The van der Waals surface area contributed by atoms with E-state index in [-0.39, 0.29) is 5.56 Å². The van der Waals surface area contributed by atoms with Crippen LogP contribution in [0.2, 0.25) is 0 Å². The predicted molar refractivity (Wildman–Crippen MR) is 69.9 cm³/mol. The summed E-state index contributed by atoms with van der Waals surface area (Å²) in [5.41, 5.74) is -1.47. The molecule has 21 heavy (non-hydrogen) atoms. The van der Waals surface area contributed by atoms with E-state index in [9.17, 15) is 29.8 Å². The van der Waals surface area contributed by atoms with Crippen molar-refractivity contribution in [1.82, 2.24) is 0 Å². The van der Waals surface area contributed by atoms with Crippen LogP contribution in [0.15, 0.2) is 18.2 Å². The minimum absolute atomic E-state index is 0.281. The maximum atomic E-state index is 11.8. The third kappa shape index (κ3) is 4.64. The Morgan fingerprint density at radius 3 is 1.95 bits per heavy atom. The molecular weight excluding hydrogens is 284 g/mol. The van der Waals surface area contributed by atoms with Crippen LogP contribution in [0.5, 0.6) is 0 Å². The summed E-state index contributed by atoms with van der Waals surface area (Å²) in [5, 5.41) is 21.4. The van der Waals surface area contributed by atoms with Crippen molar-refractivity contribution in [3.8, 4) is 0 Å². The molecule has 0 bridgehead atoms. The van der Waals surface area contributed by atoms with Gasteiger partial charge in [0.1, 0.15) is 6.42 Å². The molecule has 1 aromatic rings.